The van der Waals surface area contributed by atoms with E-state index in [1.54, 1.807) is 0 Å². The number of nitrogens with one attached hydrogen (secondary N) is 1. The molecule has 0 spiro atoms. The van der Waals surface area contributed by atoms with Crippen molar-refractivity contribution in [2.45, 2.75) is 6.42 Å². The lowest BCUT2D eigenvalue weighted by molar-refractivity contribution is -0.129. The van der Waals surface area contributed by atoms with Gasteiger partial charge in [0.25, 0.3) is 6.47 Å². The highest BCUT2D eigenvalue weighted by Gasteiger charge is 2.13. The maximum Gasteiger partial charge on any atom is 0.293 e. The fraction of sp³-hybridized carbons (Fsp3) is 0.833. The van der Waals surface area contributed by atoms with Crippen molar-refractivity contribution in [3.8, 4) is 0 Å². The summed E-state index contributed by atoms with van der Waals surface area (Å²) in [6.07, 6.45) is 1.13. The monoisotopic (exact) mass is 129 g/mol. The first kappa shape index (κ1) is 6.55. The molecule has 1 aliphatic rings. The number of hydrogen-bond donors (Lipinski definition) is 1. The summed E-state index contributed by atoms with van der Waals surface area (Å²) in [6.45, 7) is 3.15. The Hall–Kier alpha value is -0.570. The first-order valence-corrected chi connectivity index (χ1v) is 3.19. The van der Waals surface area contributed by atoms with Crippen molar-refractivity contribution in [3.05, 3.63) is 0 Å². The van der Waals surface area contributed by atoms with Gasteiger partial charge in [-0.2, -0.15) is 0 Å². The summed E-state index contributed by atoms with van der Waals surface area (Å²) < 4.78 is 4.60. The Morgan fingerprint density at radius 2 is 2.67 bits per heavy atom. The van der Waals surface area contributed by atoms with Crippen LogP contribution in [0.4, 0.5) is 0 Å². The van der Waals surface area contributed by atoms with Crippen LogP contribution in [0, 0.1) is 5.92 Å². The number of ether oxygens (including phenoxy) is 1. The van der Waals surface area contributed by atoms with E-state index in [1.165, 1.54) is 0 Å². The van der Waals surface area contributed by atoms with E-state index in [2.05, 4.69) is 10.1 Å². The van der Waals surface area contributed by atoms with Crippen LogP contribution in [0.15, 0.2) is 0 Å². The van der Waals surface area contributed by atoms with Crippen LogP contribution in [0.3, 0.4) is 0 Å². The van der Waals surface area contributed by atoms with Crippen LogP contribution in [0.25, 0.3) is 0 Å². The molecule has 0 aromatic heterocycles. The molecule has 1 rings (SSSR count). The van der Waals surface area contributed by atoms with Gasteiger partial charge >= 0.3 is 0 Å². The van der Waals surface area contributed by atoms with Crippen molar-refractivity contribution >= 4 is 6.47 Å². The van der Waals surface area contributed by atoms with E-state index in [1.807, 2.05) is 0 Å². The molecule has 1 fully saturated rings. The minimum atomic E-state index is 0.512. The normalized spacial score (nSPS) is 26.0. The molecule has 9 heavy (non-hydrogen) atoms. The molecule has 1 atom stereocenters. The largest absolute Gasteiger partial charge is 0.468 e. The Morgan fingerprint density at radius 3 is 3.22 bits per heavy atom. The molecular weight excluding hydrogens is 118 g/mol. The van der Waals surface area contributed by atoms with Crippen molar-refractivity contribution < 1.29 is 9.53 Å². The van der Waals surface area contributed by atoms with Gasteiger partial charge in [-0.25, -0.2) is 0 Å². The van der Waals surface area contributed by atoms with Crippen LogP contribution in [-0.2, 0) is 9.53 Å². The van der Waals surface area contributed by atoms with Gasteiger partial charge in [0.05, 0.1) is 6.61 Å². The first-order chi connectivity index (χ1) is 4.43. The number of hydrogen-bond acceptors (Lipinski definition) is 3. The molecule has 1 unspecified atom stereocenters. The van der Waals surface area contributed by atoms with E-state index in [0.29, 0.717) is 19.0 Å². The maximum atomic E-state index is 9.72. The lowest BCUT2D eigenvalue weighted by Crippen LogP contribution is -2.13. The second-order valence-electron chi connectivity index (χ2n) is 2.29. The summed E-state index contributed by atoms with van der Waals surface area (Å²) in [5.74, 6) is 0.551. The molecule has 0 aromatic carbocycles. The van der Waals surface area contributed by atoms with Gasteiger partial charge in [-0.3, -0.25) is 4.79 Å². The Labute approximate surface area is 54.4 Å². The van der Waals surface area contributed by atoms with Gasteiger partial charge in [0.15, 0.2) is 0 Å². The molecule has 3 nitrogen and oxygen atoms in total. The minimum absolute atomic E-state index is 0.512. The standard InChI is InChI=1S/C6H11NO2/c8-5-9-4-6-1-2-7-3-6/h5-7H,1-4H2. The highest BCUT2D eigenvalue weighted by molar-refractivity contribution is 5.36. The fourth-order valence-corrected chi connectivity index (χ4v) is 1.03. The first-order valence-electron chi connectivity index (χ1n) is 3.19. The van der Waals surface area contributed by atoms with Gasteiger partial charge in [0.1, 0.15) is 0 Å². The Balaban J connectivity index is 2.04. The summed E-state index contributed by atoms with van der Waals surface area (Å²) in [5.41, 5.74) is 0. The van der Waals surface area contributed by atoms with E-state index in [-0.39, 0.29) is 0 Å². The van der Waals surface area contributed by atoms with E-state index in [9.17, 15) is 4.79 Å². The minimum Gasteiger partial charge on any atom is -0.468 e. The van der Waals surface area contributed by atoms with Crippen molar-refractivity contribution in [3.63, 3.8) is 0 Å². The zero-order valence-corrected chi connectivity index (χ0v) is 5.30. The number of rotatable bonds is 3. The van der Waals surface area contributed by atoms with Crippen LogP contribution < -0.4 is 5.32 Å². The lowest BCUT2D eigenvalue weighted by atomic mass is 10.1. The summed E-state index contributed by atoms with van der Waals surface area (Å²) in [5, 5.41) is 3.19. The van der Waals surface area contributed by atoms with E-state index < -0.39 is 0 Å². The second-order valence-corrected chi connectivity index (χ2v) is 2.29. The van der Waals surface area contributed by atoms with Gasteiger partial charge in [-0.05, 0) is 13.0 Å². The molecule has 0 aromatic rings. The Morgan fingerprint density at radius 1 is 1.78 bits per heavy atom. The molecule has 0 aliphatic carbocycles. The molecule has 0 saturated carbocycles. The van der Waals surface area contributed by atoms with Crippen molar-refractivity contribution in [1.29, 1.82) is 0 Å². The number of carbonyl (C=O) groups is 1. The second kappa shape index (κ2) is 3.45. The average molecular weight is 129 g/mol. The number of carbonyl (C=O) groups excluding carboxylic acids is 1. The van der Waals surface area contributed by atoms with Crippen LogP contribution in [0.1, 0.15) is 6.42 Å². The molecule has 1 N–H and O–H groups in total. The smallest absolute Gasteiger partial charge is 0.293 e. The molecule has 0 radical (unpaired) electrons. The van der Waals surface area contributed by atoms with Crippen molar-refractivity contribution in [2.75, 3.05) is 19.7 Å². The third-order valence-corrected chi connectivity index (χ3v) is 1.56. The van der Waals surface area contributed by atoms with E-state index in [0.717, 1.165) is 19.5 Å². The zero-order valence-electron chi connectivity index (χ0n) is 5.30. The zero-order chi connectivity index (χ0) is 6.53. The summed E-state index contributed by atoms with van der Waals surface area (Å²) in [7, 11) is 0. The molecule has 52 valence electrons. The predicted octanol–water partition coefficient (Wildman–Crippen LogP) is -0.231. The molecule has 3 heteroatoms. The van der Waals surface area contributed by atoms with Crippen molar-refractivity contribution in [2.24, 2.45) is 5.92 Å². The Kier molecular flexibility index (Phi) is 2.51. The molecule has 1 saturated heterocycles. The summed E-state index contributed by atoms with van der Waals surface area (Å²) in [6, 6.07) is 0. The topological polar surface area (TPSA) is 38.3 Å². The third-order valence-electron chi connectivity index (χ3n) is 1.56. The van der Waals surface area contributed by atoms with Crippen LogP contribution in [-0.4, -0.2) is 26.2 Å². The fourth-order valence-electron chi connectivity index (χ4n) is 1.03. The quantitative estimate of drug-likeness (QED) is 0.535. The molecule has 1 heterocycles. The van der Waals surface area contributed by atoms with Crippen LogP contribution in [0.2, 0.25) is 0 Å². The van der Waals surface area contributed by atoms with Crippen molar-refractivity contribution in [1.82, 2.24) is 5.32 Å². The molecular formula is C6H11NO2. The van der Waals surface area contributed by atoms with Crippen LogP contribution in [0.5, 0.6) is 0 Å². The van der Waals surface area contributed by atoms with E-state index in [4.69, 9.17) is 0 Å². The van der Waals surface area contributed by atoms with Gasteiger partial charge in [-0.15, -0.1) is 0 Å². The van der Waals surface area contributed by atoms with Gasteiger partial charge in [0.2, 0.25) is 0 Å². The SMILES string of the molecule is O=COCC1CCNC1. The lowest BCUT2D eigenvalue weighted by Gasteiger charge is -2.03. The third kappa shape index (κ3) is 2.01. The molecule has 1 aliphatic heterocycles. The highest BCUT2D eigenvalue weighted by atomic mass is 16.5. The predicted molar refractivity (Wildman–Crippen MR) is 33.0 cm³/mol. The highest BCUT2D eigenvalue weighted by Crippen LogP contribution is 2.06. The molecule has 0 bridgehead atoms. The Bertz CT molecular complexity index is 89.1. The summed E-state index contributed by atoms with van der Waals surface area (Å²) in [4.78, 5) is 9.72. The molecule has 0 amide bonds. The van der Waals surface area contributed by atoms with Crippen LogP contribution >= 0.6 is 0 Å². The summed E-state index contributed by atoms with van der Waals surface area (Å²) >= 11 is 0. The average Bonchev–Trinajstić information content (AvgIpc) is 2.34. The maximum absolute atomic E-state index is 9.72. The van der Waals surface area contributed by atoms with E-state index >= 15 is 0 Å². The van der Waals surface area contributed by atoms with Gasteiger partial charge < -0.3 is 10.1 Å². The van der Waals surface area contributed by atoms with Gasteiger partial charge in [0, 0.05) is 12.5 Å². The van der Waals surface area contributed by atoms with Gasteiger partial charge in [-0.1, -0.05) is 0 Å².